The number of nitrogens with zero attached hydrogens (tertiary/aromatic N) is 2. The molecule has 1 heterocycles. The van der Waals surface area contributed by atoms with E-state index < -0.39 is 5.97 Å². The van der Waals surface area contributed by atoms with Gasteiger partial charge < -0.3 is 10.4 Å². The maximum absolute atomic E-state index is 10.9. The number of halogens is 1. The molecule has 2 N–H and O–H groups in total. The predicted molar refractivity (Wildman–Crippen MR) is 77.7 cm³/mol. The standard InChI is InChI=1S/C14H14ClN3O2/c1-2-3-9-7-13(17-8-16-9)18-10-4-5-11(14(19)20)12(15)6-10/h4-8H,2-3H2,1H3,(H,19,20)(H,16,17,18). The molecule has 0 fully saturated rings. The number of aromatic carboxylic acids is 1. The number of carbonyl (C=O) groups is 1. The molecule has 0 saturated carbocycles. The summed E-state index contributed by atoms with van der Waals surface area (Å²) in [7, 11) is 0. The lowest BCUT2D eigenvalue weighted by Crippen LogP contribution is -2.00. The number of carboxylic acid groups (broad SMARTS) is 1. The second-order valence-corrected chi connectivity index (χ2v) is 4.68. The van der Waals surface area contributed by atoms with Crippen LogP contribution >= 0.6 is 11.6 Å². The lowest BCUT2D eigenvalue weighted by molar-refractivity contribution is 0.0697. The van der Waals surface area contributed by atoms with Crippen molar-refractivity contribution in [2.75, 3.05) is 5.32 Å². The summed E-state index contributed by atoms with van der Waals surface area (Å²) in [6.45, 7) is 2.08. The molecule has 0 unspecified atom stereocenters. The number of carboxylic acids is 1. The van der Waals surface area contributed by atoms with Gasteiger partial charge in [-0.2, -0.15) is 0 Å². The van der Waals surface area contributed by atoms with Crippen molar-refractivity contribution in [3.05, 3.63) is 46.9 Å². The number of anilines is 2. The zero-order chi connectivity index (χ0) is 14.5. The normalized spacial score (nSPS) is 10.3. The monoisotopic (exact) mass is 291 g/mol. The van der Waals surface area contributed by atoms with Crippen molar-refractivity contribution in [1.29, 1.82) is 0 Å². The van der Waals surface area contributed by atoms with Crippen LogP contribution in [-0.2, 0) is 6.42 Å². The van der Waals surface area contributed by atoms with E-state index in [0.717, 1.165) is 18.5 Å². The molecular formula is C14H14ClN3O2. The number of aromatic nitrogens is 2. The summed E-state index contributed by atoms with van der Waals surface area (Å²) in [5.41, 5.74) is 1.71. The highest BCUT2D eigenvalue weighted by molar-refractivity contribution is 6.33. The van der Waals surface area contributed by atoms with Gasteiger partial charge >= 0.3 is 5.97 Å². The molecule has 5 nitrogen and oxygen atoms in total. The van der Waals surface area contributed by atoms with Crippen LogP contribution in [-0.4, -0.2) is 21.0 Å². The molecule has 0 aliphatic rings. The molecule has 0 atom stereocenters. The number of nitrogens with one attached hydrogen (secondary N) is 1. The topological polar surface area (TPSA) is 75.1 Å². The van der Waals surface area contributed by atoms with E-state index in [1.54, 1.807) is 12.1 Å². The summed E-state index contributed by atoms with van der Waals surface area (Å²) in [4.78, 5) is 19.2. The minimum Gasteiger partial charge on any atom is -0.478 e. The fourth-order valence-electron chi connectivity index (χ4n) is 1.77. The Morgan fingerprint density at radius 3 is 2.80 bits per heavy atom. The van der Waals surface area contributed by atoms with Crippen molar-refractivity contribution >= 4 is 29.1 Å². The number of hydrogen-bond donors (Lipinski definition) is 2. The van der Waals surface area contributed by atoms with Crippen LogP contribution in [0.5, 0.6) is 0 Å². The quantitative estimate of drug-likeness (QED) is 0.881. The Balaban J connectivity index is 2.19. The van der Waals surface area contributed by atoms with E-state index in [1.165, 1.54) is 12.4 Å². The van der Waals surface area contributed by atoms with E-state index in [9.17, 15) is 4.79 Å². The third kappa shape index (κ3) is 3.45. The Kier molecular flexibility index (Phi) is 4.53. The van der Waals surface area contributed by atoms with Gasteiger partial charge in [0.2, 0.25) is 0 Å². The molecule has 0 amide bonds. The molecule has 6 heteroatoms. The summed E-state index contributed by atoms with van der Waals surface area (Å²) in [5, 5.41) is 12.2. The number of hydrogen-bond acceptors (Lipinski definition) is 4. The van der Waals surface area contributed by atoms with Gasteiger partial charge in [-0.05, 0) is 24.6 Å². The Morgan fingerprint density at radius 1 is 1.35 bits per heavy atom. The fourth-order valence-corrected chi connectivity index (χ4v) is 2.03. The van der Waals surface area contributed by atoms with Crippen molar-refractivity contribution < 1.29 is 9.90 Å². The second kappa shape index (κ2) is 6.34. The molecule has 2 rings (SSSR count). The van der Waals surface area contributed by atoms with Gasteiger partial charge in [0, 0.05) is 17.4 Å². The van der Waals surface area contributed by atoms with E-state index in [4.69, 9.17) is 16.7 Å². The Hall–Kier alpha value is -2.14. The molecule has 0 spiro atoms. The Morgan fingerprint density at radius 2 is 2.15 bits per heavy atom. The first kappa shape index (κ1) is 14.3. The number of benzene rings is 1. The summed E-state index contributed by atoms with van der Waals surface area (Å²) in [6.07, 6.45) is 3.39. The zero-order valence-electron chi connectivity index (χ0n) is 10.9. The molecule has 1 aromatic carbocycles. The molecule has 0 bridgehead atoms. The van der Waals surface area contributed by atoms with E-state index in [1.807, 2.05) is 6.07 Å². The molecule has 0 aliphatic carbocycles. The van der Waals surface area contributed by atoms with Crippen molar-refractivity contribution in [3.8, 4) is 0 Å². The smallest absolute Gasteiger partial charge is 0.337 e. The maximum Gasteiger partial charge on any atom is 0.337 e. The highest BCUT2D eigenvalue weighted by Gasteiger charge is 2.09. The highest BCUT2D eigenvalue weighted by Crippen LogP contribution is 2.23. The number of aryl methyl sites for hydroxylation is 1. The van der Waals surface area contributed by atoms with Gasteiger partial charge in [-0.25, -0.2) is 14.8 Å². The van der Waals surface area contributed by atoms with Gasteiger partial charge in [0.05, 0.1) is 10.6 Å². The number of rotatable bonds is 5. The molecular weight excluding hydrogens is 278 g/mol. The molecule has 0 saturated heterocycles. The first-order valence-corrected chi connectivity index (χ1v) is 6.58. The van der Waals surface area contributed by atoms with E-state index in [-0.39, 0.29) is 10.6 Å². The van der Waals surface area contributed by atoms with Gasteiger partial charge in [-0.15, -0.1) is 0 Å². The van der Waals surface area contributed by atoms with Crippen LogP contribution in [0.25, 0.3) is 0 Å². The van der Waals surface area contributed by atoms with Crippen molar-refractivity contribution in [2.45, 2.75) is 19.8 Å². The maximum atomic E-state index is 10.9. The largest absolute Gasteiger partial charge is 0.478 e. The molecule has 0 aliphatic heterocycles. The zero-order valence-corrected chi connectivity index (χ0v) is 11.7. The van der Waals surface area contributed by atoms with E-state index in [2.05, 4.69) is 22.2 Å². The Bertz CT molecular complexity index is 632. The summed E-state index contributed by atoms with van der Waals surface area (Å²) in [5.74, 6) is -0.392. The molecule has 0 radical (unpaired) electrons. The first-order valence-electron chi connectivity index (χ1n) is 6.21. The molecule has 1 aromatic heterocycles. The third-order valence-corrected chi connectivity index (χ3v) is 3.01. The predicted octanol–water partition coefficient (Wildman–Crippen LogP) is 3.52. The fraction of sp³-hybridized carbons (Fsp3) is 0.214. The van der Waals surface area contributed by atoms with Gasteiger partial charge in [-0.1, -0.05) is 24.9 Å². The van der Waals surface area contributed by atoms with Gasteiger partial charge in [0.1, 0.15) is 12.1 Å². The van der Waals surface area contributed by atoms with E-state index in [0.29, 0.717) is 11.5 Å². The third-order valence-electron chi connectivity index (χ3n) is 2.70. The first-order chi connectivity index (χ1) is 9.60. The molecule has 104 valence electrons. The minimum absolute atomic E-state index is 0.0755. The summed E-state index contributed by atoms with van der Waals surface area (Å²) >= 11 is 5.92. The van der Waals surface area contributed by atoms with Crippen LogP contribution in [0.2, 0.25) is 5.02 Å². The lowest BCUT2D eigenvalue weighted by atomic mass is 10.2. The van der Waals surface area contributed by atoms with Crippen LogP contribution < -0.4 is 5.32 Å². The van der Waals surface area contributed by atoms with Crippen molar-refractivity contribution in [1.82, 2.24) is 9.97 Å². The van der Waals surface area contributed by atoms with Gasteiger partial charge in [-0.3, -0.25) is 0 Å². The summed E-state index contributed by atoms with van der Waals surface area (Å²) < 4.78 is 0. The van der Waals surface area contributed by atoms with Gasteiger partial charge in [0.15, 0.2) is 0 Å². The van der Waals surface area contributed by atoms with Gasteiger partial charge in [0.25, 0.3) is 0 Å². The average molecular weight is 292 g/mol. The molecule has 20 heavy (non-hydrogen) atoms. The van der Waals surface area contributed by atoms with Crippen LogP contribution in [0.4, 0.5) is 11.5 Å². The van der Waals surface area contributed by atoms with Crippen molar-refractivity contribution in [2.24, 2.45) is 0 Å². The summed E-state index contributed by atoms with van der Waals surface area (Å²) in [6, 6.07) is 6.53. The minimum atomic E-state index is -1.05. The average Bonchev–Trinajstić information content (AvgIpc) is 2.39. The van der Waals surface area contributed by atoms with Crippen LogP contribution in [0.1, 0.15) is 29.4 Å². The molecule has 2 aromatic rings. The van der Waals surface area contributed by atoms with Crippen molar-refractivity contribution in [3.63, 3.8) is 0 Å². The van der Waals surface area contributed by atoms with Crippen LogP contribution in [0.3, 0.4) is 0 Å². The highest BCUT2D eigenvalue weighted by atomic mass is 35.5. The SMILES string of the molecule is CCCc1cc(Nc2ccc(C(=O)O)c(Cl)c2)ncn1. The Labute approximate surface area is 121 Å². The van der Waals surface area contributed by atoms with Crippen LogP contribution in [0.15, 0.2) is 30.6 Å². The van der Waals surface area contributed by atoms with E-state index >= 15 is 0 Å². The second-order valence-electron chi connectivity index (χ2n) is 4.27. The lowest BCUT2D eigenvalue weighted by Gasteiger charge is -2.08. The van der Waals surface area contributed by atoms with Crippen LogP contribution in [0, 0.1) is 0 Å².